The second kappa shape index (κ2) is 8.20. The number of rotatable bonds is 9. The van der Waals surface area contributed by atoms with Crippen molar-refractivity contribution in [1.29, 1.82) is 0 Å². The van der Waals surface area contributed by atoms with Crippen molar-refractivity contribution in [3.05, 3.63) is 0 Å². The monoisotopic (exact) mass is 270 g/mol. The molecule has 1 heterocycles. The Morgan fingerprint density at radius 3 is 2.63 bits per heavy atom. The van der Waals surface area contributed by atoms with Crippen molar-refractivity contribution in [2.24, 2.45) is 5.92 Å². The van der Waals surface area contributed by atoms with E-state index in [2.05, 4.69) is 17.1 Å². The first-order valence-electron chi connectivity index (χ1n) is 7.99. The van der Waals surface area contributed by atoms with Gasteiger partial charge in [0, 0.05) is 19.2 Å². The molecule has 2 N–H and O–H groups in total. The van der Waals surface area contributed by atoms with Gasteiger partial charge >= 0.3 is 0 Å². The molecular formula is C15H30N2O2. The number of ether oxygens (including phenoxy) is 1. The quantitative estimate of drug-likeness (QED) is 0.662. The molecule has 0 aromatic rings. The SMILES string of the molecule is CCCN1CCC(NCC(O)COCC2CC2)CC1. The summed E-state index contributed by atoms with van der Waals surface area (Å²) in [5.41, 5.74) is 0. The molecule has 1 saturated heterocycles. The number of aliphatic hydroxyl groups excluding tert-OH is 1. The summed E-state index contributed by atoms with van der Waals surface area (Å²) in [6.07, 6.45) is 5.92. The zero-order valence-electron chi connectivity index (χ0n) is 12.3. The van der Waals surface area contributed by atoms with Gasteiger partial charge in [-0.25, -0.2) is 0 Å². The maximum atomic E-state index is 9.85. The summed E-state index contributed by atoms with van der Waals surface area (Å²) in [7, 11) is 0. The van der Waals surface area contributed by atoms with Crippen molar-refractivity contribution < 1.29 is 9.84 Å². The average Bonchev–Trinajstić information content (AvgIpc) is 3.22. The van der Waals surface area contributed by atoms with E-state index in [1.165, 1.54) is 51.7 Å². The predicted molar refractivity (Wildman–Crippen MR) is 77.3 cm³/mol. The van der Waals surface area contributed by atoms with Crippen LogP contribution in [0.5, 0.6) is 0 Å². The summed E-state index contributed by atoms with van der Waals surface area (Å²) in [4.78, 5) is 2.54. The molecule has 1 unspecified atom stereocenters. The van der Waals surface area contributed by atoms with Gasteiger partial charge in [0.2, 0.25) is 0 Å². The van der Waals surface area contributed by atoms with E-state index in [1.54, 1.807) is 0 Å². The summed E-state index contributed by atoms with van der Waals surface area (Å²) < 4.78 is 5.51. The van der Waals surface area contributed by atoms with Crippen LogP contribution in [0.3, 0.4) is 0 Å². The van der Waals surface area contributed by atoms with Crippen molar-refractivity contribution in [3.8, 4) is 0 Å². The van der Waals surface area contributed by atoms with Crippen LogP contribution < -0.4 is 5.32 Å². The minimum atomic E-state index is -0.354. The molecule has 112 valence electrons. The van der Waals surface area contributed by atoms with Crippen LogP contribution in [0.4, 0.5) is 0 Å². The van der Waals surface area contributed by atoms with Crippen molar-refractivity contribution in [2.45, 2.75) is 51.2 Å². The van der Waals surface area contributed by atoms with Gasteiger partial charge in [-0.15, -0.1) is 0 Å². The maximum Gasteiger partial charge on any atom is 0.0897 e. The molecule has 19 heavy (non-hydrogen) atoms. The Morgan fingerprint density at radius 2 is 2.00 bits per heavy atom. The number of nitrogens with zero attached hydrogens (tertiary/aromatic N) is 1. The minimum absolute atomic E-state index is 0.354. The van der Waals surface area contributed by atoms with Gasteiger partial charge < -0.3 is 20.1 Å². The van der Waals surface area contributed by atoms with Crippen LogP contribution in [0.25, 0.3) is 0 Å². The largest absolute Gasteiger partial charge is 0.389 e. The normalized spacial score (nSPS) is 23.7. The molecule has 1 saturated carbocycles. The van der Waals surface area contributed by atoms with E-state index in [0.717, 1.165) is 12.5 Å². The number of hydrogen-bond donors (Lipinski definition) is 2. The molecule has 1 atom stereocenters. The number of nitrogens with one attached hydrogen (secondary N) is 1. The van der Waals surface area contributed by atoms with Crippen molar-refractivity contribution in [2.75, 3.05) is 39.4 Å². The number of piperidine rings is 1. The number of aliphatic hydroxyl groups is 1. The second-order valence-corrected chi connectivity index (χ2v) is 6.16. The first-order chi connectivity index (χ1) is 9.28. The van der Waals surface area contributed by atoms with Crippen molar-refractivity contribution >= 4 is 0 Å². The van der Waals surface area contributed by atoms with Crippen LogP contribution in [0.1, 0.15) is 39.0 Å². The molecule has 4 nitrogen and oxygen atoms in total. The van der Waals surface area contributed by atoms with Crippen LogP contribution >= 0.6 is 0 Å². The van der Waals surface area contributed by atoms with E-state index in [0.29, 0.717) is 19.2 Å². The zero-order valence-corrected chi connectivity index (χ0v) is 12.3. The predicted octanol–water partition coefficient (Wildman–Crippen LogP) is 1.24. The fourth-order valence-electron chi connectivity index (χ4n) is 2.69. The first-order valence-corrected chi connectivity index (χ1v) is 7.99. The standard InChI is InChI=1S/C15H30N2O2/c1-2-7-17-8-5-14(6-9-17)16-10-15(18)12-19-11-13-3-4-13/h13-16,18H,2-12H2,1H3. The molecule has 4 heteroatoms. The molecule has 0 aromatic carbocycles. The lowest BCUT2D eigenvalue weighted by molar-refractivity contribution is 0.0299. The van der Waals surface area contributed by atoms with Crippen LogP contribution in [0, 0.1) is 5.92 Å². The van der Waals surface area contributed by atoms with Crippen molar-refractivity contribution in [3.63, 3.8) is 0 Å². The molecular weight excluding hydrogens is 240 g/mol. The van der Waals surface area contributed by atoms with E-state index in [-0.39, 0.29) is 6.10 Å². The molecule has 0 aromatic heterocycles. The summed E-state index contributed by atoms with van der Waals surface area (Å²) in [5, 5.41) is 13.3. The second-order valence-electron chi connectivity index (χ2n) is 6.16. The lowest BCUT2D eigenvalue weighted by atomic mass is 10.0. The summed E-state index contributed by atoms with van der Waals surface area (Å²) in [5.74, 6) is 0.781. The van der Waals surface area contributed by atoms with Gasteiger partial charge in [-0.3, -0.25) is 0 Å². The number of hydrogen-bond acceptors (Lipinski definition) is 4. The Kier molecular flexibility index (Phi) is 6.57. The van der Waals surface area contributed by atoms with Gasteiger partial charge in [-0.2, -0.15) is 0 Å². The van der Waals surface area contributed by atoms with Gasteiger partial charge in [0.15, 0.2) is 0 Å². The third-order valence-electron chi connectivity index (χ3n) is 4.13. The van der Waals surface area contributed by atoms with E-state index < -0.39 is 0 Å². The highest BCUT2D eigenvalue weighted by molar-refractivity contribution is 4.78. The van der Waals surface area contributed by atoms with E-state index in [9.17, 15) is 5.11 Å². The van der Waals surface area contributed by atoms with Gasteiger partial charge in [0.1, 0.15) is 0 Å². The maximum absolute atomic E-state index is 9.85. The molecule has 0 bridgehead atoms. The van der Waals surface area contributed by atoms with Gasteiger partial charge in [0.05, 0.1) is 12.7 Å². The molecule has 1 aliphatic carbocycles. The fraction of sp³-hybridized carbons (Fsp3) is 1.00. The minimum Gasteiger partial charge on any atom is -0.389 e. The highest BCUT2D eigenvalue weighted by atomic mass is 16.5. The number of likely N-dealkylation sites (tertiary alicyclic amines) is 1. The van der Waals surface area contributed by atoms with Gasteiger partial charge in [0.25, 0.3) is 0 Å². The van der Waals surface area contributed by atoms with Crippen LogP contribution in [0.15, 0.2) is 0 Å². The van der Waals surface area contributed by atoms with E-state index >= 15 is 0 Å². The van der Waals surface area contributed by atoms with E-state index in [1.807, 2.05) is 0 Å². The highest BCUT2D eigenvalue weighted by Crippen LogP contribution is 2.28. The lowest BCUT2D eigenvalue weighted by Crippen LogP contribution is -2.45. The molecule has 2 rings (SSSR count). The Hall–Kier alpha value is -0.160. The summed E-state index contributed by atoms with van der Waals surface area (Å²) >= 11 is 0. The van der Waals surface area contributed by atoms with Gasteiger partial charge in [-0.05, 0) is 57.7 Å². The van der Waals surface area contributed by atoms with Crippen LogP contribution in [-0.4, -0.2) is 61.5 Å². The van der Waals surface area contributed by atoms with Crippen LogP contribution in [-0.2, 0) is 4.74 Å². The Balaban J connectivity index is 1.48. The summed E-state index contributed by atoms with van der Waals surface area (Å²) in [6.45, 7) is 7.85. The molecule has 2 fully saturated rings. The molecule has 0 radical (unpaired) electrons. The molecule has 0 spiro atoms. The Bertz CT molecular complexity index is 238. The van der Waals surface area contributed by atoms with E-state index in [4.69, 9.17) is 4.74 Å². The lowest BCUT2D eigenvalue weighted by Gasteiger charge is -2.32. The topological polar surface area (TPSA) is 44.7 Å². The third kappa shape index (κ3) is 6.21. The molecule has 1 aliphatic heterocycles. The van der Waals surface area contributed by atoms with Crippen LogP contribution in [0.2, 0.25) is 0 Å². The average molecular weight is 270 g/mol. The third-order valence-corrected chi connectivity index (χ3v) is 4.13. The van der Waals surface area contributed by atoms with Crippen molar-refractivity contribution in [1.82, 2.24) is 10.2 Å². The molecule has 0 amide bonds. The highest BCUT2D eigenvalue weighted by Gasteiger charge is 2.22. The zero-order chi connectivity index (χ0) is 13.5. The fourth-order valence-corrected chi connectivity index (χ4v) is 2.69. The molecule has 2 aliphatic rings. The summed E-state index contributed by atoms with van der Waals surface area (Å²) in [6, 6.07) is 0.575. The smallest absolute Gasteiger partial charge is 0.0897 e. The first kappa shape index (κ1) is 15.2. The Labute approximate surface area is 117 Å². The Morgan fingerprint density at radius 1 is 1.26 bits per heavy atom. The van der Waals surface area contributed by atoms with Gasteiger partial charge in [-0.1, -0.05) is 6.92 Å².